The molecule has 1 heterocycles. The van der Waals surface area contributed by atoms with E-state index < -0.39 is 0 Å². The number of ether oxygens (including phenoxy) is 1. The molecule has 0 radical (unpaired) electrons. The van der Waals surface area contributed by atoms with Crippen LogP contribution in [0.15, 0.2) is 30.5 Å². The summed E-state index contributed by atoms with van der Waals surface area (Å²) in [5, 5.41) is 5.07. The van der Waals surface area contributed by atoms with Gasteiger partial charge in [0.05, 0.1) is 18.7 Å². The molecule has 4 nitrogen and oxygen atoms in total. The Bertz CT molecular complexity index is 519. The van der Waals surface area contributed by atoms with Crippen LogP contribution in [0.25, 0.3) is 10.9 Å². The zero-order valence-electron chi connectivity index (χ0n) is 10.0. The Labute approximate surface area is 111 Å². The highest BCUT2D eigenvalue weighted by Gasteiger charge is 2.01. The van der Waals surface area contributed by atoms with Gasteiger partial charge in [-0.1, -0.05) is 11.6 Å². The number of anilines is 1. The first kappa shape index (κ1) is 13.1. The van der Waals surface area contributed by atoms with E-state index in [-0.39, 0.29) is 0 Å². The van der Waals surface area contributed by atoms with E-state index in [4.69, 9.17) is 22.1 Å². The second-order valence-corrected chi connectivity index (χ2v) is 4.28. The molecule has 3 N–H and O–H groups in total. The van der Waals surface area contributed by atoms with Crippen molar-refractivity contribution < 1.29 is 4.74 Å². The summed E-state index contributed by atoms with van der Waals surface area (Å²) in [6, 6.07) is 7.63. The molecule has 1 aromatic carbocycles. The first-order valence-corrected chi connectivity index (χ1v) is 6.25. The molecule has 0 saturated heterocycles. The van der Waals surface area contributed by atoms with Crippen LogP contribution in [0.5, 0.6) is 0 Å². The number of nitrogens with zero attached hydrogens (tertiary/aromatic N) is 1. The number of hydrogen-bond donors (Lipinski definition) is 2. The fourth-order valence-corrected chi connectivity index (χ4v) is 1.89. The molecule has 18 heavy (non-hydrogen) atoms. The Morgan fingerprint density at radius 3 is 3.00 bits per heavy atom. The Hall–Kier alpha value is -1.36. The second-order valence-electron chi connectivity index (χ2n) is 3.85. The van der Waals surface area contributed by atoms with E-state index in [0.717, 1.165) is 23.1 Å². The zero-order valence-corrected chi connectivity index (χ0v) is 10.8. The lowest BCUT2D eigenvalue weighted by molar-refractivity contribution is 0.151. The smallest absolute Gasteiger partial charge is 0.0737 e. The number of fused-ring (bicyclic) bond motifs is 1. The van der Waals surface area contributed by atoms with Crippen LogP contribution in [0.3, 0.4) is 0 Å². The van der Waals surface area contributed by atoms with Crippen LogP contribution in [-0.2, 0) is 4.74 Å². The minimum absolute atomic E-state index is 0.552. The van der Waals surface area contributed by atoms with Gasteiger partial charge in [0, 0.05) is 35.4 Å². The van der Waals surface area contributed by atoms with Gasteiger partial charge in [-0.25, -0.2) is 0 Å². The van der Waals surface area contributed by atoms with Crippen molar-refractivity contribution in [2.45, 2.75) is 0 Å². The molecule has 0 amide bonds. The summed E-state index contributed by atoms with van der Waals surface area (Å²) in [7, 11) is 0. The van der Waals surface area contributed by atoms with Gasteiger partial charge in [-0.05, 0) is 24.3 Å². The Balaban J connectivity index is 2.04. The van der Waals surface area contributed by atoms with E-state index in [9.17, 15) is 0 Å². The van der Waals surface area contributed by atoms with Crippen molar-refractivity contribution >= 4 is 28.2 Å². The molecule has 0 bridgehead atoms. The molecule has 96 valence electrons. The minimum Gasteiger partial charge on any atom is -0.382 e. The molecule has 1 aromatic heterocycles. The van der Waals surface area contributed by atoms with Gasteiger partial charge in [-0.2, -0.15) is 0 Å². The average Bonchev–Trinajstić information content (AvgIpc) is 2.38. The summed E-state index contributed by atoms with van der Waals surface area (Å²) in [4.78, 5) is 4.29. The highest BCUT2D eigenvalue weighted by atomic mass is 35.5. The molecule has 0 saturated carbocycles. The van der Waals surface area contributed by atoms with Crippen LogP contribution in [0.1, 0.15) is 0 Å². The SMILES string of the molecule is NCCOCCNc1ccnc2cc(Cl)ccc12. The number of hydrogen-bond acceptors (Lipinski definition) is 4. The lowest BCUT2D eigenvalue weighted by Crippen LogP contribution is -2.14. The minimum atomic E-state index is 0.552. The maximum atomic E-state index is 5.94. The second kappa shape index (κ2) is 6.54. The van der Waals surface area contributed by atoms with E-state index in [1.165, 1.54) is 0 Å². The lowest BCUT2D eigenvalue weighted by Gasteiger charge is -2.09. The van der Waals surface area contributed by atoms with E-state index in [2.05, 4.69) is 10.3 Å². The molecule has 0 spiro atoms. The number of benzene rings is 1. The van der Waals surface area contributed by atoms with Crippen LogP contribution < -0.4 is 11.1 Å². The normalized spacial score (nSPS) is 10.8. The van der Waals surface area contributed by atoms with Crippen molar-refractivity contribution in [2.24, 2.45) is 5.73 Å². The maximum absolute atomic E-state index is 5.94. The van der Waals surface area contributed by atoms with Crippen molar-refractivity contribution in [3.05, 3.63) is 35.5 Å². The molecule has 0 unspecified atom stereocenters. The first-order valence-electron chi connectivity index (χ1n) is 5.87. The molecule has 0 fully saturated rings. The average molecular weight is 266 g/mol. The van der Waals surface area contributed by atoms with Gasteiger partial charge < -0.3 is 15.8 Å². The molecule has 5 heteroatoms. The third-order valence-electron chi connectivity index (χ3n) is 2.53. The maximum Gasteiger partial charge on any atom is 0.0737 e. The number of nitrogens with two attached hydrogens (primary N) is 1. The third kappa shape index (κ3) is 3.32. The molecule has 2 aromatic rings. The van der Waals surface area contributed by atoms with Crippen LogP contribution in [0.2, 0.25) is 5.02 Å². The van der Waals surface area contributed by atoms with E-state index in [1.54, 1.807) is 6.20 Å². The standard InChI is InChI=1S/C13H16ClN3O/c14-10-1-2-11-12(3-5-16-13(11)9-10)17-6-8-18-7-4-15/h1-3,5,9H,4,6-8,15H2,(H,16,17). The Morgan fingerprint density at radius 1 is 1.28 bits per heavy atom. The summed E-state index contributed by atoms with van der Waals surface area (Å²) in [6.45, 7) is 2.52. The van der Waals surface area contributed by atoms with Crippen LogP contribution in [0.4, 0.5) is 5.69 Å². The highest BCUT2D eigenvalue weighted by Crippen LogP contribution is 2.23. The molecular formula is C13H16ClN3O. The number of aromatic nitrogens is 1. The van der Waals surface area contributed by atoms with Gasteiger partial charge in [0.2, 0.25) is 0 Å². The number of nitrogens with one attached hydrogen (secondary N) is 1. The summed E-state index contributed by atoms with van der Waals surface area (Å²) in [6.07, 6.45) is 1.77. The van der Waals surface area contributed by atoms with Gasteiger partial charge in [-0.3, -0.25) is 4.98 Å². The van der Waals surface area contributed by atoms with Crippen molar-refractivity contribution in [2.75, 3.05) is 31.6 Å². The predicted octanol–water partition coefficient (Wildman–Crippen LogP) is 2.28. The Morgan fingerprint density at radius 2 is 2.17 bits per heavy atom. The summed E-state index contributed by atoms with van der Waals surface area (Å²) >= 11 is 5.94. The van der Waals surface area contributed by atoms with Crippen molar-refractivity contribution in [3.8, 4) is 0 Å². The topological polar surface area (TPSA) is 60.2 Å². The molecule has 0 aliphatic rings. The number of pyridine rings is 1. The third-order valence-corrected chi connectivity index (χ3v) is 2.76. The quantitative estimate of drug-likeness (QED) is 0.787. The summed E-state index contributed by atoms with van der Waals surface area (Å²) < 4.78 is 5.31. The number of rotatable bonds is 6. The van der Waals surface area contributed by atoms with Crippen LogP contribution in [-0.4, -0.2) is 31.3 Å². The molecule has 2 rings (SSSR count). The monoisotopic (exact) mass is 265 g/mol. The lowest BCUT2D eigenvalue weighted by atomic mass is 10.2. The van der Waals surface area contributed by atoms with E-state index in [1.807, 2.05) is 24.3 Å². The van der Waals surface area contributed by atoms with Gasteiger partial charge >= 0.3 is 0 Å². The van der Waals surface area contributed by atoms with Crippen molar-refractivity contribution in [1.29, 1.82) is 0 Å². The molecule has 0 aliphatic heterocycles. The fourth-order valence-electron chi connectivity index (χ4n) is 1.72. The van der Waals surface area contributed by atoms with Crippen LogP contribution in [0, 0.1) is 0 Å². The molecular weight excluding hydrogens is 250 g/mol. The van der Waals surface area contributed by atoms with Crippen molar-refractivity contribution in [3.63, 3.8) is 0 Å². The summed E-state index contributed by atoms with van der Waals surface area (Å²) in [5.41, 5.74) is 7.26. The van der Waals surface area contributed by atoms with E-state index >= 15 is 0 Å². The van der Waals surface area contributed by atoms with Gasteiger partial charge in [-0.15, -0.1) is 0 Å². The van der Waals surface area contributed by atoms with Gasteiger partial charge in [0.25, 0.3) is 0 Å². The van der Waals surface area contributed by atoms with Gasteiger partial charge in [0.1, 0.15) is 0 Å². The largest absolute Gasteiger partial charge is 0.382 e. The Kier molecular flexibility index (Phi) is 4.75. The van der Waals surface area contributed by atoms with Crippen molar-refractivity contribution in [1.82, 2.24) is 4.98 Å². The molecule has 0 atom stereocenters. The molecule has 0 aliphatic carbocycles. The van der Waals surface area contributed by atoms with Crippen LogP contribution >= 0.6 is 11.6 Å². The van der Waals surface area contributed by atoms with Gasteiger partial charge in [0.15, 0.2) is 0 Å². The predicted molar refractivity (Wildman–Crippen MR) is 75.1 cm³/mol. The number of halogens is 1. The van der Waals surface area contributed by atoms with E-state index in [0.29, 0.717) is 24.8 Å². The summed E-state index contributed by atoms with van der Waals surface area (Å²) in [5.74, 6) is 0. The zero-order chi connectivity index (χ0) is 12.8. The first-order chi connectivity index (χ1) is 8.81. The fraction of sp³-hybridized carbons (Fsp3) is 0.308. The highest BCUT2D eigenvalue weighted by molar-refractivity contribution is 6.31.